The predicted molar refractivity (Wildman–Crippen MR) is 62.2 cm³/mol. The highest BCUT2D eigenvalue weighted by Gasteiger charge is 2.13. The molecular weight excluding hydrogens is 176 g/mol. The molecule has 0 aliphatic carbocycles. The molecule has 0 aromatic heterocycles. The van der Waals surface area contributed by atoms with Gasteiger partial charge in [0.25, 0.3) is 0 Å². The standard InChI is InChI=1S/C10H18N4/c1-5-6(2)8(12)10(14-3)9(13)7(5)4-11/h14H,4,11-13H2,1-3H3. The first-order valence-electron chi connectivity index (χ1n) is 4.59. The van der Waals surface area contributed by atoms with Crippen LogP contribution in [0.4, 0.5) is 17.1 Å². The Morgan fingerprint density at radius 2 is 1.64 bits per heavy atom. The minimum absolute atomic E-state index is 0.438. The van der Waals surface area contributed by atoms with Crippen molar-refractivity contribution in [2.75, 3.05) is 23.8 Å². The summed E-state index contributed by atoms with van der Waals surface area (Å²) in [6.07, 6.45) is 0. The van der Waals surface area contributed by atoms with E-state index in [9.17, 15) is 0 Å². The molecule has 0 atom stereocenters. The number of benzene rings is 1. The summed E-state index contributed by atoms with van der Waals surface area (Å²) in [7, 11) is 1.80. The number of anilines is 3. The predicted octanol–water partition coefficient (Wildman–Crippen LogP) is 0.968. The summed E-state index contributed by atoms with van der Waals surface area (Å²) in [5.74, 6) is 0. The first-order valence-corrected chi connectivity index (χ1v) is 4.59. The Morgan fingerprint density at radius 3 is 2.07 bits per heavy atom. The number of rotatable bonds is 2. The van der Waals surface area contributed by atoms with Crippen LogP contribution in [0.1, 0.15) is 16.7 Å². The van der Waals surface area contributed by atoms with E-state index in [0.717, 1.165) is 22.4 Å². The molecule has 4 nitrogen and oxygen atoms in total. The lowest BCUT2D eigenvalue weighted by Crippen LogP contribution is -2.11. The van der Waals surface area contributed by atoms with E-state index < -0.39 is 0 Å². The van der Waals surface area contributed by atoms with Gasteiger partial charge in [0, 0.05) is 13.6 Å². The van der Waals surface area contributed by atoms with Crippen LogP contribution in [0.5, 0.6) is 0 Å². The van der Waals surface area contributed by atoms with Gasteiger partial charge < -0.3 is 22.5 Å². The molecule has 0 aliphatic heterocycles. The highest BCUT2D eigenvalue weighted by Crippen LogP contribution is 2.35. The van der Waals surface area contributed by atoms with Gasteiger partial charge in [0.2, 0.25) is 0 Å². The lowest BCUT2D eigenvalue weighted by atomic mass is 9.98. The Balaban J connectivity index is 3.56. The first-order chi connectivity index (χ1) is 6.54. The summed E-state index contributed by atoms with van der Waals surface area (Å²) in [4.78, 5) is 0. The number of hydrogen-bond donors (Lipinski definition) is 4. The molecule has 0 radical (unpaired) electrons. The first kappa shape index (κ1) is 10.7. The summed E-state index contributed by atoms with van der Waals surface area (Å²) in [5, 5.41) is 3.00. The fourth-order valence-electron chi connectivity index (χ4n) is 1.65. The molecular formula is C10H18N4. The molecule has 0 saturated carbocycles. The van der Waals surface area contributed by atoms with E-state index in [1.165, 1.54) is 0 Å². The van der Waals surface area contributed by atoms with Crippen LogP contribution in [0.2, 0.25) is 0 Å². The third-order valence-electron chi connectivity index (χ3n) is 2.74. The third-order valence-corrected chi connectivity index (χ3v) is 2.74. The summed E-state index contributed by atoms with van der Waals surface area (Å²) >= 11 is 0. The minimum Gasteiger partial charge on any atom is -0.397 e. The van der Waals surface area contributed by atoms with Crippen LogP contribution in [0.15, 0.2) is 0 Å². The Morgan fingerprint density at radius 1 is 1.07 bits per heavy atom. The molecule has 7 N–H and O–H groups in total. The smallest absolute Gasteiger partial charge is 0.0811 e. The second-order valence-electron chi connectivity index (χ2n) is 3.39. The van der Waals surface area contributed by atoms with E-state index >= 15 is 0 Å². The zero-order chi connectivity index (χ0) is 10.9. The molecule has 78 valence electrons. The van der Waals surface area contributed by atoms with E-state index in [4.69, 9.17) is 17.2 Å². The molecule has 0 spiro atoms. The zero-order valence-electron chi connectivity index (χ0n) is 8.94. The van der Waals surface area contributed by atoms with E-state index in [2.05, 4.69) is 5.32 Å². The second-order valence-corrected chi connectivity index (χ2v) is 3.39. The lowest BCUT2D eigenvalue weighted by molar-refractivity contribution is 1.05. The van der Waals surface area contributed by atoms with Crippen molar-refractivity contribution in [1.29, 1.82) is 0 Å². The fraction of sp³-hybridized carbons (Fsp3) is 0.400. The molecule has 0 fully saturated rings. The molecule has 0 saturated heterocycles. The molecule has 14 heavy (non-hydrogen) atoms. The van der Waals surface area contributed by atoms with Crippen molar-refractivity contribution in [3.8, 4) is 0 Å². The Hall–Kier alpha value is -1.42. The maximum atomic E-state index is 5.95. The van der Waals surface area contributed by atoms with Crippen LogP contribution in [-0.4, -0.2) is 7.05 Å². The van der Waals surface area contributed by atoms with Gasteiger partial charge >= 0.3 is 0 Å². The van der Waals surface area contributed by atoms with Crippen molar-refractivity contribution in [2.45, 2.75) is 20.4 Å². The third kappa shape index (κ3) is 1.37. The van der Waals surface area contributed by atoms with Gasteiger partial charge in [-0.05, 0) is 30.5 Å². The maximum absolute atomic E-state index is 5.95. The van der Waals surface area contributed by atoms with Crippen molar-refractivity contribution in [3.05, 3.63) is 16.7 Å². The average molecular weight is 194 g/mol. The van der Waals surface area contributed by atoms with Gasteiger partial charge in [-0.2, -0.15) is 0 Å². The van der Waals surface area contributed by atoms with Gasteiger partial charge in [-0.1, -0.05) is 0 Å². The molecule has 0 unspecified atom stereocenters. The number of nitrogens with two attached hydrogens (primary N) is 3. The SMILES string of the molecule is CNc1c(N)c(C)c(C)c(CN)c1N. The van der Waals surface area contributed by atoms with Crippen molar-refractivity contribution in [3.63, 3.8) is 0 Å². The summed E-state index contributed by atoms with van der Waals surface area (Å²) < 4.78 is 0. The maximum Gasteiger partial charge on any atom is 0.0811 e. The van der Waals surface area contributed by atoms with Gasteiger partial charge in [0.1, 0.15) is 0 Å². The van der Waals surface area contributed by atoms with Crippen molar-refractivity contribution in [1.82, 2.24) is 0 Å². The van der Waals surface area contributed by atoms with Gasteiger partial charge in [-0.15, -0.1) is 0 Å². The Bertz CT molecular complexity index is 327. The van der Waals surface area contributed by atoms with Crippen molar-refractivity contribution in [2.24, 2.45) is 5.73 Å². The van der Waals surface area contributed by atoms with Gasteiger partial charge in [-0.25, -0.2) is 0 Å². The number of nitrogens with one attached hydrogen (secondary N) is 1. The van der Waals surface area contributed by atoms with Crippen LogP contribution < -0.4 is 22.5 Å². The monoisotopic (exact) mass is 194 g/mol. The van der Waals surface area contributed by atoms with Crippen molar-refractivity contribution >= 4 is 17.1 Å². The Labute approximate surface area is 84.5 Å². The second kappa shape index (κ2) is 3.75. The van der Waals surface area contributed by atoms with Crippen LogP contribution >= 0.6 is 0 Å². The molecule has 1 aromatic carbocycles. The highest BCUT2D eigenvalue weighted by atomic mass is 14.9. The Kier molecular flexibility index (Phi) is 2.86. The van der Waals surface area contributed by atoms with Gasteiger partial charge in [0.05, 0.1) is 17.1 Å². The molecule has 1 rings (SSSR count). The van der Waals surface area contributed by atoms with Crippen LogP contribution in [0.3, 0.4) is 0 Å². The summed E-state index contributed by atoms with van der Waals surface area (Å²) in [6.45, 7) is 4.40. The fourth-order valence-corrected chi connectivity index (χ4v) is 1.65. The van der Waals surface area contributed by atoms with E-state index in [1.807, 2.05) is 13.8 Å². The minimum atomic E-state index is 0.438. The van der Waals surface area contributed by atoms with E-state index in [0.29, 0.717) is 17.9 Å². The molecule has 0 bridgehead atoms. The van der Waals surface area contributed by atoms with Crippen LogP contribution in [-0.2, 0) is 6.54 Å². The average Bonchev–Trinajstić information content (AvgIpc) is 2.16. The molecule has 0 aliphatic rings. The molecule has 0 amide bonds. The van der Waals surface area contributed by atoms with Gasteiger partial charge in [-0.3, -0.25) is 0 Å². The van der Waals surface area contributed by atoms with Crippen molar-refractivity contribution < 1.29 is 0 Å². The number of nitrogen functional groups attached to an aromatic ring is 2. The zero-order valence-corrected chi connectivity index (χ0v) is 8.94. The van der Waals surface area contributed by atoms with Gasteiger partial charge in [0.15, 0.2) is 0 Å². The largest absolute Gasteiger partial charge is 0.397 e. The molecule has 1 aromatic rings. The van der Waals surface area contributed by atoms with E-state index in [-0.39, 0.29) is 0 Å². The topological polar surface area (TPSA) is 90.1 Å². The molecule has 4 heteroatoms. The highest BCUT2D eigenvalue weighted by molar-refractivity contribution is 5.85. The summed E-state index contributed by atoms with van der Waals surface area (Å²) in [5.41, 5.74) is 22.8. The van der Waals surface area contributed by atoms with Crippen LogP contribution in [0.25, 0.3) is 0 Å². The molecule has 0 heterocycles. The summed E-state index contributed by atoms with van der Waals surface area (Å²) in [6, 6.07) is 0. The lowest BCUT2D eigenvalue weighted by Gasteiger charge is -2.18. The number of hydrogen-bond acceptors (Lipinski definition) is 4. The normalized spacial score (nSPS) is 10.3. The van der Waals surface area contributed by atoms with Crippen LogP contribution in [0, 0.1) is 13.8 Å². The quantitative estimate of drug-likeness (QED) is 0.528. The van der Waals surface area contributed by atoms with E-state index in [1.54, 1.807) is 7.05 Å².